The maximum Gasteiger partial charge on any atom is 0.262 e. The van der Waals surface area contributed by atoms with Crippen LogP contribution in [0, 0.1) is 11.8 Å². The Hall–Kier alpha value is -1.64. The van der Waals surface area contributed by atoms with Gasteiger partial charge in [0.05, 0.1) is 10.6 Å². The number of piperidine rings is 1. The van der Waals surface area contributed by atoms with Crippen LogP contribution in [0.3, 0.4) is 0 Å². The lowest BCUT2D eigenvalue weighted by Crippen LogP contribution is -2.45. The maximum absolute atomic E-state index is 13.3. The van der Waals surface area contributed by atoms with Crippen molar-refractivity contribution < 1.29 is 17.9 Å². The van der Waals surface area contributed by atoms with Crippen molar-refractivity contribution in [3.63, 3.8) is 0 Å². The molecule has 0 spiro atoms. The van der Waals surface area contributed by atoms with E-state index in [2.05, 4.69) is 10.2 Å². The normalized spacial score (nSPS) is 29.0. The molecule has 1 amide bonds. The minimum atomic E-state index is -3.60. The third-order valence-electron chi connectivity index (χ3n) is 6.20. The molecular formula is C19H25N3O4S. The lowest BCUT2D eigenvalue weighted by Gasteiger charge is -2.36. The molecule has 0 aromatic heterocycles. The second-order valence-electron chi connectivity index (χ2n) is 8.31. The van der Waals surface area contributed by atoms with Gasteiger partial charge in [0.15, 0.2) is 6.61 Å². The largest absolute Gasteiger partial charge is 0.482 e. The first-order valence-electron chi connectivity index (χ1n) is 9.80. The zero-order chi connectivity index (χ0) is 18.6. The molecule has 0 unspecified atom stereocenters. The van der Waals surface area contributed by atoms with Crippen molar-refractivity contribution >= 4 is 21.6 Å². The highest BCUT2D eigenvalue weighted by atomic mass is 32.2. The minimum absolute atomic E-state index is 0.0363. The van der Waals surface area contributed by atoms with E-state index in [1.807, 2.05) is 0 Å². The molecule has 6 rings (SSSR count). The summed E-state index contributed by atoms with van der Waals surface area (Å²) >= 11 is 0. The van der Waals surface area contributed by atoms with Crippen LogP contribution in [0.1, 0.15) is 25.7 Å². The summed E-state index contributed by atoms with van der Waals surface area (Å²) < 4.78 is 33.6. The fourth-order valence-electron chi connectivity index (χ4n) is 4.56. The first kappa shape index (κ1) is 17.5. The van der Waals surface area contributed by atoms with Crippen LogP contribution in [0.5, 0.6) is 5.75 Å². The lowest BCUT2D eigenvalue weighted by atomic mass is 9.95. The molecule has 4 aliphatic heterocycles. The van der Waals surface area contributed by atoms with E-state index in [0.717, 1.165) is 31.8 Å². The monoisotopic (exact) mass is 391 g/mol. The maximum atomic E-state index is 13.3. The average Bonchev–Trinajstić information content (AvgIpc) is 3.48. The summed E-state index contributed by atoms with van der Waals surface area (Å²) in [5.74, 6) is 1.47. The van der Waals surface area contributed by atoms with Gasteiger partial charge in [-0.25, -0.2) is 8.42 Å². The fourth-order valence-corrected chi connectivity index (χ4v) is 6.14. The number of rotatable bonds is 4. The van der Waals surface area contributed by atoms with Crippen molar-refractivity contribution in [2.75, 3.05) is 38.1 Å². The van der Waals surface area contributed by atoms with Gasteiger partial charge in [-0.05, 0) is 55.7 Å². The number of carbonyl (C=O) groups excluding carboxylic acids is 1. The highest BCUT2D eigenvalue weighted by Gasteiger charge is 2.41. The van der Waals surface area contributed by atoms with Gasteiger partial charge in [-0.3, -0.25) is 9.69 Å². The van der Waals surface area contributed by atoms with Crippen LogP contribution in [0.4, 0.5) is 5.69 Å². The highest BCUT2D eigenvalue weighted by Crippen LogP contribution is 2.37. The zero-order valence-corrected chi connectivity index (χ0v) is 16.1. The standard InChI is InChI=1S/C19H25N3O4S/c23-19-12-26-18-6-5-16(7-17(18)20-19)27(24,25)22-10-14-3-4-15(11-22)21(9-14)8-13-1-2-13/h5-7,13-15H,1-4,8-12H2,(H,20,23)/t14-,15-/m0/s1. The Labute approximate surface area is 159 Å². The van der Waals surface area contributed by atoms with Crippen LogP contribution in [-0.2, 0) is 14.8 Å². The highest BCUT2D eigenvalue weighted by molar-refractivity contribution is 7.89. The summed E-state index contributed by atoms with van der Waals surface area (Å²) in [5, 5.41) is 2.70. The van der Waals surface area contributed by atoms with Crippen LogP contribution < -0.4 is 10.1 Å². The van der Waals surface area contributed by atoms with E-state index >= 15 is 0 Å². The van der Waals surface area contributed by atoms with Crippen LogP contribution in [0.15, 0.2) is 23.1 Å². The lowest BCUT2D eigenvalue weighted by molar-refractivity contribution is -0.118. The van der Waals surface area contributed by atoms with Crippen LogP contribution >= 0.6 is 0 Å². The van der Waals surface area contributed by atoms with Gasteiger partial charge in [0.2, 0.25) is 10.0 Å². The number of ether oxygens (including phenoxy) is 1. The second-order valence-corrected chi connectivity index (χ2v) is 10.2. The molecule has 27 heavy (non-hydrogen) atoms. The molecule has 2 bridgehead atoms. The van der Waals surface area contributed by atoms with E-state index in [1.54, 1.807) is 16.4 Å². The number of anilines is 1. The smallest absolute Gasteiger partial charge is 0.262 e. The average molecular weight is 391 g/mol. The van der Waals surface area contributed by atoms with Gasteiger partial charge in [0, 0.05) is 32.2 Å². The number of hydrogen-bond acceptors (Lipinski definition) is 5. The predicted octanol–water partition coefficient (Wildman–Crippen LogP) is 1.51. The van der Waals surface area contributed by atoms with E-state index < -0.39 is 10.0 Å². The van der Waals surface area contributed by atoms with Crippen LogP contribution in [0.25, 0.3) is 0 Å². The third-order valence-corrected chi connectivity index (χ3v) is 8.03. The number of carbonyl (C=O) groups is 1. The van der Waals surface area contributed by atoms with E-state index in [4.69, 9.17) is 4.74 Å². The topological polar surface area (TPSA) is 79.0 Å². The molecule has 4 fully saturated rings. The predicted molar refractivity (Wildman–Crippen MR) is 100 cm³/mol. The summed E-state index contributed by atoms with van der Waals surface area (Å²) in [7, 11) is -3.60. The summed E-state index contributed by atoms with van der Waals surface area (Å²) in [6.45, 7) is 3.25. The van der Waals surface area contributed by atoms with Gasteiger partial charge in [-0.15, -0.1) is 0 Å². The molecule has 7 nitrogen and oxygen atoms in total. The number of fused-ring (bicyclic) bond motifs is 5. The quantitative estimate of drug-likeness (QED) is 0.842. The fraction of sp³-hybridized carbons (Fsp3) is 0.632. The van der Waals surface area contributed by atoms with Gasteiger partial charge in [0.25, 0.3) is 5.91 Å². The first-order valence-corrected chi connectivity index (χ1v) is 11.2. The number of nitrogens with one attached hydrogen (secondary N) is 1. The molecule has 5 aliphatic rings. The number of sulfonamides is 1. The molecule has 146 valence electrons. The Bertz CT molecular complexity index is 868. The summed E-state index contributed by atoms with van der Waals surface area (Å²) in [6.07, 6.45) is 4.82. The van der Waals surface area contributed by atoms with Gasteiger partial charge in [-0.1, -0.05) is 0 Å². The van der Waals surface area contributed by atoms with Crippen molar-refractivity contribution in [1.82, 2.24) is 9.21 Å². The summed E-state index contributed by atoms with van der Waals surface area (Å²) in [6, 6.07) is 5.06. The van der Waals surface area contributed by atoms with E-state index in [9.17, 15) is 13.2 Å². The number of nitrogens with zero attached hydrogens (tertiary/aromatic N) is 2. The SMILES string of the molecule is O=C1COc2ccc(S(=O)(=O)N3C[C@H]4CC[C@@H](C3)N(CC3CC3)C4)cc2N1. The van der Waals surface area contributed by atoms with Gasteiger partial charge in [0.1, 0.15) is 5.75 Å². The van der Waals surface area contributed by atoms with Crippen molar-refractivity contribution in [3.8, 4) is 5.75 Å². The zero-order valence-electron chi connectivity index (χ0n) is 15.3. The Morgan fingerprint density at radius 3 is 2.78 bits per heavy atom. The van der Waals surface area contributed by atoms with Crippen molar-refractivity contribution in [2.45, 2.75) is 36.6 Å². The molecule has 1 N–H and O–H groups in total. The Kier molecular flexibility index (Phi) is 4.18. The molecule has 4 heterocycles. The molecule has 3 saturated heterocycles. The summed E-state index contributed by atoms with van der Waals surface area (Å²) in [5.41, 5.74) is 0.431. The van der Waals surface area contributed by atoms with Crippen molar-refractivity contribution in [3.05, 3.63) is 18.2 Å². The van der Waals surface area contributed by atoms with E-state index in [1.165, 1.54) is 18.9 Å². The van der Waals surface area contributed by atoms with Crippen LogP contribution in [0.2, 0.25) is 0 Å². The Balaban J connectivity index is 1.40. The molecule has 2 atom stereocenters. The Morgan fingerprint density at radius 1 is 1.11 bits per heavy atom. The summed E-state index contributed by atoms with van der Waals surface area (Å²) in [4.78, 5) is 14.3. The molecule has 1 aromatic rings. The van der Waals surface area contributed by atoms with Gasteiger partial charge < -0.3 is 10.1 Å². The van der Waals surface area contributed by atoms with Crippen LogP contribution in [-0.4, -0.2) is 62.4 Å². The van der Waals surface area contributed by atoms with Gasteiger partial charge in [-0.2, -0.15) is 4.31 Å². The van der Waals surface area contributed by atoms with E-state index in [0.29, 0.717) is 36.5 Å². The van der Waals surface area contributed by atoms with E-state index in [-0.39, 0.29) is 17.4 Å². The number of hydrogen-bond donors (Lipinski definition) is 1. The molecular weight excluding hydrogens is 366 g/mol. The van der Waals surface area contributed by atoms with Gasteiger partial charge >= 0.3 is 0 Å². The van der Waals surface area contributed by atoms with Crippen molar-refractivity contribution in [1.29, 1.82) is 0 Å². The third kappa shape index (κ3) is 3.34. The number of benzene rings is 1. The molecule has 1 aromatic carbocycles. The minimum Gasteiger partial charge on any atom is -0.482 e. The Morgan fingerprint density at radius 2 is 1.96 bits per heavy atom. The molecule has 8 heteroatoms. The first-order chi connectivity index (χ1) is 13.0. The molecule has 0 radical (unpaired) electrons. The molecule has 1 aliphatic carbocycles. The molecule has 1 saturated carbocycles. The number of amides is 1. The van der Waals surface area contributed by atoms with Crippen molar-refractivity contribution in [2.24, 2.45) is 11.8 Å². The second kappa shape index (κ2) is 6.46.